The summed E-state index contributed by atoms with van der Waals surface area (Å²) in [6, 6.07) is 0.340. The molecule has 0 radical (unpaired) electrons. The molecule has 0 aliphatic heterocycles. The second-order valence-corrected chi connectivity index (χ2v) is 6.41. The maximum Gasteiger partial charge on any atom is 0.180 e. The van der Waals surface area contributed by atoms with Crippen molar-refractivity contribution in [3.63, 3.8) is 0 Å². The minimum atomic E-state index is 0.340. The lowest BCUT2D eigenvalue weighted by Gasteiger charge is -2.11. The van der Waals surface area contributed by atoms with Crippen molar-refractivity contribution in [3.8, 4) is 0 Å². The summed E-state index contributed by atoms with van der Waals surface area (Å²) >= 11 is 3.26. The first-order chi connectivity index (χ1) is 8.56. The van der Waals surface area contributed by atoms with Gasteiger partial charge in [-0.25, -0.2) is 9.97 Å². The van der Waals surface area contributed by atoms with Crippen molar-refractivity contribution in [2.75, 3.05) is 12.3 Å². The average molecular weight is 282 g/mol. The van der Waals surface area contributed by atoms with Gasteiger partial charge in [-0.3, -0.25) is 0 Å². The second-order valence-electron chi connectivity index (χ2n) is 4.29. The van der Waals surface area contributed by atoms with E-state index in [1.807, 2.05) is 12.3 Å². The van der Waals surface area contributed by atoms with E-state index in [1.54, 1.807) is 11.3 Å². The lowest BCUT2D eigenvalue weighted by atomic mass is 10.2. The van der Waals surface area contributed by atoms with Crippen molar-refractivity contribution < 1.29 is 0 Å². The Balaban J connectivity index is 1.85. The normalized spacial score (nSPS) is 12.8. The number of aromatic nitrogens is 2. The van der Waals surface area contributed by atoms with Gasteiger partial charge in [0.25, 0.3) is 0 Å². The number of nitrogen functional groups attached to an aromatic ring is 1. The summed E-state index contributed by atoms with van der Waals surface area (Å²) in [5.41, 5.74) is 7.80. The zero-order chi connectivity index (χ0) is 13.1. The maximum absolute atomic E-state index is 5.60. The van der Waals surface area contributed by atoms with Gasteiger partial charge in [-0.05, 0) is 20.8 Å². The Morgan fingerprint density at radius 2 is 2.17 bits per heavy atom. The molecule has 0 amide bonds. The number of aryl methyl sites for hydroxylation is 2. The molecule has 4 nitrogen and oxygen atoms in total. The van der Waals surface area contributed by atoms with Crippen LogP contribution in [0.4, 0.5) is 5.13 Å². The van der Waals surface area contributed by atoms with Crippen molar-refractivity contribution in [2.24, 2.45) is 0 Å². The van der Waals surface area contributed by atoms with Gasteiger partial charge >= 0.3 is 0 Å². The predicted octanol–water partition coefficient (Wildman–Crippen LogP) is 2.69. The standard InChI is InChI=1S/C12H18N4S2/c1-7(11-8(2)15-9(3)18-11)14-5-4-10-6-17-12(13)16-10/h6-7,14H,4-5H2,1-3H3,(H2,13,16). The number of nitrogens with zero attached hydrogens (tertiary/aromatic N) is 2. The van der Waals surface area contributed by atoms with Crippen molar-refractivity contribution >= 4 is 27.8 Å². The van der Waals surface area contributed by atoms with E-state index in [0.717, 1.165) is 29.4 Å². The highest BCUT2D eigenvalue weighted by Gasteiger charge is 2.12. The fourth-order valence-electron chi connectivity index (χ4n) is 1.90. The molecule has 2 aromatic rings. The van der Waals surface area contributed by atoms with Gasteiger partial charge in [0.15, 0.2) is 5.13 Å². The molecule has 0 bridgehead atoms. The van der Waals surface area contributed by atoms with Crippen LogP contribution in [0.5, 0.6) is 0 Å². The van der Waals surface area contributed by atoms with E-state index in [1.165, 1.54) is 16.2 Å². The molecule has 1 unspecified atom stereocenters. The Morgan fingerprint density at radius 3 is 2.72 bits per heavy atom. The fourth-order valence-corrected chi connectivity index (χ4v) is 3.45. The molecule has 0 saturated carbocycles. The number of anilines is 1. The molecule has 2 rings (SSSR count). The number of hydrogen-bond acceptors (Lipinski definition) is 6. The van der Waals surface area contributed by atoms with E-state index in [0.29, 0.717) is 11.2 Å². The first-order valence-corrected chi connectivity index (χ1v) is 7.63. The minimum absolute atomic E-state index is 0.340. The number of nitrogens with two attached hydrogens (primary N) is 1. The fraction of sp³-hybridized carbons (Fsp3) is 0.500. The molecular weight excluding hydrogens is 264 g/mol. The summed E-state index contributed by atoms with van der Waals surface area (Å²) in [6.45, 7) is 7.19. The van der Waals surface area contributed by atoms with Crippen LogP contribution in [0.25, 0.3) is 0 Å². The predicted molar refractivity (Wildman–Crippen MR) is 78.2 cm³/mol. The summed E-state index contributed by atoms with van der Waals surface area (Å²) in [5.74, 6) is 0. The molecule has 1 atom stereocenters. The second kappa shape index (κ2) is 5.77. The SMILES string of the molecule is Cc1nc(C)c(C(C)NCCc2csc(N)n2)s1. The quantitative estimate of drug-likeness (QED) is 0.885. The number of hydrogen-bond donors (Lipinski definition) is 2. The average Bonchev–Trinajstić information content (AvgIpc) is 2.85. The third-order valence-corrected chi connectivity index (χ3v) is 4.71. The van der Waals surface area contributed by atoms with Crippen molar-refractivity contribution in [1.29, 1.82) is 0 Å². The van der Waals surface area contributed by atoms with Crippen LogP contribution in [-0.2, 0) is 6.42 Å². The monoisotopic (exact) mass is 282 g/mol. The highest BCUT2D eigenvalue weighted by atomic mass is 32.1. The number of nitrogens with one attached hydrogen (secondary N) is 1. The van der Waals surface area contributed by atoms with Gasteiger partial charge in [-0.15, -0.1) is 22.7 Å². The molecule has 0 aliphatic carbocycles. The molecule has 2 heterocycles. The molecular formula is C12H18N4S2. The smallest absolute Gasteiger partial charge is 0.180 e. The van der Waals surface area contributed by atoms with E-state index in [2.05, 4.69) is 29.1 Å². The van der Waals surface area contributed by atoms with Crippen molar-refractivity contribution in [2.45, 2.75) is 33.2 Å². The third-order valence-electron chi connectivity index (χ3n) is 2.73. The van der Waals surface area contributed by atoms with Crippen LogP contribution in [0, 0.1) is 13.8 Å². The summed E-state index contributed by atoms with van der Waals surface area (Å²) in [5, 5.41) is 7.30. The molecule has 0 aromatic carbocycles. The Morgan fingerprint density at radius 1 is 1.39 bits per heavy atom. The molecule has 18 heavy (non-hydrogen) atoms. The highest BCUT2D eigenvalue weighted by Crippen LogP contribution is 2.24. The largest absolute Gasteiger partial charge is 0.375 e. The number of rotatable bonds is 5. The summed E-state index contributed by atoms with van der Waals surface area (Å²) < 4.78 is 0. The van der Waals surface area contributed by atoms with Crippen LogP contribution in [-0.4, -0.2) is 16.5 Å². The Hall–Kier alpha value is -0.980. The zero-order valence-electron chi connectivity index (χ0n) is 10.9. The Bertz CT molecular complexity index is 518. The van der Waals surface area contributed by atoms with E-state index in [-0.39, 0.29) is 0 Å². The van der Waals surface area contributed by atoms with Crippen LogP contribution in [0.15, 0.2) is 5.38 Å². The highest BCUT2D eigenvalue weighted by molar-refractivity contribution is 7.13. The zero-order valence-corrected chi connectivity index (χ0v) is 12.5. The van der Waals surface area contributed by atoms with Gasteiger partial charge < -0.3 is 11.1 Å². The topological polar surface area (TPSA) is 63.8 Å². The molecule has 6 heteroatoms. The van der Waals surface area contributed by atoms with Crippen LogP contribution in [0.2, 0.25) is 0 Å². The molecule has 0 saturated heterocycles. The molecule has 98 valence electrons. The van der Waals surface area contributed by atoms with Gasteiger partial charge in [0, 0.05) is 29.3 Å². The van der Waals surface area contributed by atoms with E-state index < -0.39 is 0 Å². The van der Waals surface area contributed by atoms with Crippen LogP contribution >= 0.6 is 22.7 Å². The van der Waals surface area contributed by atoms with Gasteiger partial charge in [0.1, 0.15) is 0 Å². The molecule has 0 spiro atoms. The summed E-state index contributed by atoms with van der Waals surface area (Å²) in [4.78, 5) is 10.0. The maximum atomic E-state index is 5.60. The van der Waals surface area contributed by atoms with Crippen LogP contribution < -0.4 is 11.1 Å². The number of thiazole rings is 2. The van der Waals surface area contributed by atoms with Crippen LogP contribution in [0.1, 0.15) is 34.2 Å². The van der Waals surface area contributed by atoms with E-state index >= 15 is 0 Å². The van der Waals surface area contributed by atoms with Crippen molar-refractivity contribution in [1.82, 2.24) is 15.3 Å². The summed E-state index contributed by atoms with van der Waals surface area (Å²) in [6.07, 6.45) is 0.912. The van der Waals surface area contributed by atoms with Crippen molar-refractivity contribution in [3.05, 3.63) is 26.7 Å². The van der Waals surface area contributed by atoms with Crippen LogP contribution in [0.3, 0.4) is 0 Å². The first-order valence-electron chi connectivity index (χ1n) is 5.93. The molecule has 3 N–H and O–H groups in total. The third kappa shape index (κ3) is 3.28. The molecule has 0 fully saturated rings. The van der Waals surface area contributed by atoms with Gasteiger partial charge in [0.05, 0.1) is 16.4 Å². The van der Waals surface area contributed by atoms with Gasteiger partial charge in [0.2, 0.25) is 0 Å². The molecule has 2 aromatic heterocycles. The minimum Gasteiger partial charge on any atom is -0.375 e. The molecule has 0 aliphatic rings. The van der Waals surface area contributed by atoms with E-state index in [4.69, 9.17) is 5.73 Å². The first kappa shape index (κ1) is 13.5. The Kier molecular flexibility index (Phi) is 4.31. The Labute approximate surface area is 115 Å². The van der Waals surface area contributed by atoms with Gasteiger partial charge in [-0.1, -0.05) is 0 Å². The lowest BCUT2D eigenvalue weighted by molar-refractivity contribution is 0.579. The van der Waals surface area contributed by atoms with E-state index in [9.17, 15) is 0 Å². The van der Waals surface area contributed by atoms with Gasteiger partial charge in [-0.2, -0.15) is 0 Å². The lowest BCUT2D eigenvalue weighted by Crippen LogP contribution is -2.21. The summed E-state index contributed by atoms with van der Waals surface area (Å²) in [7, 11) is 0.